The number of aliphatic carboxylic acids is 1. The number of carboxylic acids is 1. The molecule has 32 heteroatoms. The Morgan fingerprint density at radius 2 is 1.16 bits per heavy atom. The van der Waals surface area contributed by atoms with Crippen LogP contribution in [0.15, 0.2) is 104 Å². The third-order valence-electron chi connectivity index (χ3n) is 15.0. The maximum absolute atomic E-state index is 16.0. The lowest BCUT2D eigenvalue weighted by atomic mass is 9.86. The number of carboxylic acid groups (broad SMARTS) is 1. The number of aliphatic hydroxyl groups excluding tert-OH is 1. The zero-order chi connectivity index (χ0) is 66.4. The van der Waals surface area contributed by atoms with E-state index in [0.717, 1.165) is 64.9 Å². The Morgan fingerprint density at radius 3 is 1.67 bits per heavy atom. The molecule has 0 spiro atoms. The van der Waals surface area contributed by atoms with Crippen molar-refractivity contribution in [3.05, 3.63) is 154 Å². The number of aliphatic hydroxyl groups is 1. The molecule has 3 unspecified atom stereocenters. The van der Waals surface area contributed by atoms with E-state index in [0.29, 0.717) is 18.9 Å². The molecule has 93 heavy (non-hydrogen) atoms. The molecule has 2 aliphatic heterocycles. The Hall–Kier alpha value is -9.66. The smallest absolute Gasteiger partial charge is 0.417 e. The minimum absolute atomic E-state index is 0.00653. The molecule has 0 aliphatic carbocycles. The van der Waals surface area contributed by atoms with E-state index in [1.807, 2.05) is 0 Å². The number of aromatic amines is 2. The third kappa shape index (κ3) is 13.4. The van der Waals surface area contributed by atoms with E-state index >= 15 is 39.9 Å². The highest BCUT2D eigenvalue weighted by Crippen LogP contribution is 2.46. The number of alkyl halides is 6. The molecule has 3 atom stereocenters. The molecule has 0 saturated heterocycles. The van der Waals surface area contributed by atoms with Gasteiger partial charge in [-0.25, -0.2) is 37.1 Å². The molecule has 4 aromatic heterocycles. The molecule has 10 rings (SSSR count). The quantitative estimate of drug-likeness (QED) is 0.0202. The Labute approximate surface area is 520 Å². The van der Waals surface area contributed by atoms with Crippen LogP contribution in [-0.2, 0) is 65.1 Å². The van der Waals surface area contributed by atoms with E-state index in [-0.39, 0.29) is 83.5 Å². The molecular formula is C61H56F10N10O12. The Morgan fingerprint density at radius 1 is 0.645 bits per heavy atom. The first-order valence-electron chi connectivity index (χ1n) is 28.6. The van der Waals surface area contributed by atoms with Crippen molar-refractivity contribution in [3.63, 3.8) is 0 Å². The van der Waals surface area contributed by atoms with Crippen LogP contribution in [0.25, 0.3) is 45.3 Å². The number of imidazole rings is 2. The second-order valence-corrected chi connectivity index (χ2v) is 20.9. The summed E-state index contributed by atoms with van der Waals surface area (Å²) in [5, 5.41) is 40.5. The van der Waals surface area contributed by atoms with E-state index in [2.05, 4.69) is 40.5 Å². The maximum Gasteiger partial charge on any atom is 0.417 e. The van der Waals surface area contributed by atoms with E-state index < -0.39 is 156 Å². The number of benzene rings is 4. The summed E-state index contributed by atoms with van der Waals surface area (Å²) in [6, 6.07) is 14.4. The largest absolute Gasteiger partial charge is 0.494 e. The monoisotopic (exact) mass is 1310 g/mol. The fourth-order valence-electron chi connectivity index (χ4n) is 10.5. The van der Waals surface area contributed by atoms with E-state index in [1.165, 1.54) is 43.5 Å². The first-order chi connectivity index (χ1) is 44.6. The van der Waals surface area contributed by atoms with Gasteiger partial charge in [0.25, 0.3) is 0 Å². The Bertz CT molecular complexity index is 4060. The summed E-state index contributed by atoms with van der Waals surface area (Å²) in [6.45, 7) is -1.20. The second-order valence-electron chi connectivity index (χ2n) is 20.9. The van der Waals surface area contributed by atoms with Gasteiger partial charge in [0.15, 0.2) is 34.8 Å². The van der Waals surface area contributed by atoms with Crippen molar-refractivity contribution >= 4 is 24.4 Å². The second kappa shape index (κ2) is 27.7. The predicted molar refractivity (Wildman–Crippen MR) is 306 cm³/mol. The number of aromatic nitrogens is 6. The lowest BCUT2D eigenvalue weighted by molar-refractivity contribution is -0.189. The summed E-state index contributed by atoms with van der Waals surface area (Å²) in [5.74, 6) is -10.6. The number of ether oxygens (including phenoxy) is 6. The highest BCUT2D eigenvalue weighted by Gasteiger charge is 2.60. The van der Waals surface area contributed by atoms with Crippen LogP contribution in [0.5, 0.6) is 11.5 Å². The lowest BCUT2D eigenvalue weighted by Gasteiger charge is -2.43. The van der Waals surface area contributed by atoms with Gasteiger partial charge in [0.2, 0.25) is 11.1 Å². The zero-order valence-corrected chi connectivity index (χ0v) is 49.3. The third-order valence-corrected chi connectivity index (χ3v) is 15.0. The van der Waals surface area contributed by atoms with E-state index in [4.69, 9.17) is 37.5 Å². The van der Waals surface area contributed by atoms with Crippen LogP contribution in [0.2, 0.25) is 0 Å². The van der Waals surface area contributed by atoms with Crippen LogP contribution in [0, 0.1) is 23.3 Å². The Balaban J connectivity index is 1.13. The number of fused-ring (bicyclic) bond motifs is 2. The number of hydrogen-bond acceptors (Lipinski definition) is 19. The summed E-state index contributed by atoms with van der Waals surface area (Å²) >= 11 is 0. The molecule has 492 valence electrons. The number of hydrazone groups is 2. The molecule has 22 nitrogen and oxygen atoms in total. The van der Waals surface area contributed by atoms with Crippen LogP contribution >= 0.6 is 0 Å². The van der Waals surface area contributed by atoms with Crippen molar-refractivity contribution in [3.8, 4) is 56.8 Å². The minimum Gasteiger partial charge on any atom is -0.494 e. The summed E-state index contributed by atoms with van der Waals surface area (Å²) in [6.07, 6.45) is -9.97. The molecule has 0 radical (unpaired) electrons. The molecular weight excluding hydrogens is 1250 g/mol. The normalized spacial score (nSPS) is 14.8. The molecule has 0 bridgehead atoms. The van der Waals surface area contributed by atoms with Crippen molar-refractivity contribution < 1.29 is 101 Å². The molecule has 8 aromatic rings. The fraction of sp³-hybridized carbons (Fsp3) is 0.344. The molecule has 4 aromatic carbocycles. The van der Waals surface area contributed by atoms with Gasteiger partial charge in [0.1, 0.15) is 58.6 Å². The zero-order valence-electron chi connectivity index (χ0n) is 49.3. The van der Waals surface area contributed by atoms with Crippen molar-refractivity contribution in [2.24, 2.45) is 10.2 Å². The number of H-pyrrole nitrogens is 2. The van der Waals surface area contributed by atoms with Gasteiger partial charge in [0, 0.05) is 36.8 Å². The van der Waals surface area contributed by atoms with Crippen LogP contribution in [0.3, 0.4) is 0 Å². The van der Waals surface area contributed by atoms with Crippen LogP contribution in [0.1, 0.15) is 78.5 Å². The summed E-state index contributed by atoms with van der Waals surface area (Å²) in [5.41, 5.74) is -11.1. The van der Waals surface area contributed by atoms with Gasteiger partial charge in [-0.2, -0.15) is 36.5 Å². The summed E-state index contributed by atoms with van der Waals surface area (Å²) < 4.78 is 196. The van der Waals surface area contributed by atoms with Gasteiger partial charge < -0.3 is 57.6 Å². The molecule has 6 heterocycles. The van der Waals surface area contributed by atoms with Gasteiger partial charge in [-0.15, -0.1) is 0 Å². The number of nitrogens with zero attached hydrogens (tertiary/aromatic N) is 8. The van der Waals surface area contributed by atoms with Gasteiger partial charge in [-0.05, 0) is 73.5 Å². The molecule has 4 N–H and O–H groups in total. The van der Waals surface area contributed by atoms with Crippen molar-refractivity contribution in [1.29, 1.82) is 0 Å². The van der Waals surface area contributed by atoms with Crippen molar-refractivity contribution in [1.82, 2.24) is 40.3 Å². The fourth-order valence-corrected chi connectivity index (χ4v) is 10.5. The first-order valence-corrected chi connectivity index (χ1v) is 28.6. The topological polar surface area (TPSA) is 271 Å². The number of nitrogens with one attached hydrogen (secondary N) is 2. The van der Waals surface area contributed by atoms with Crippen LogP contribution < -0.4 is 9.47 Å². The molecule has 0 amide bonds. The van der Waals surface area contributed by atoms with Crippen LogP contribution in [-0.4, -0.2) is 141 Å². The van der Waals surface area contributed by atoms with Gasteiger partial charge in [-0.1, -0.05) is 36.3 Å². The average Bonchev–Trinajstić information content (AvgIpc) is 1.68. The molecule has 0 saturated carbocycles. The van der Waals surface area contributed by atoms with Gasteiger partial charge >= 0.3 is 24.3 Å². The SMILES string of the molecule is CCCOc1ccc(-c2cc(C(CCOCCO)(C(=O)OCC(OCCOC)C(C(=O)O)(c3cc(-c4ccc(OCCC)cc4C(F)(F)F)no3)N3Cc4[nH]c(-c5cccc(F)c5F)nc4C=N3)N3Cc4[nH]c(-c5cccc(F)c5F)nc4C=N3)on2)c(C(F)(F)F)c1. The van der Waals surface area contributed by atoms with Crippen molar-refractivity contribution in [2.75, 3.05) is 60.0 Å². The number of halogens is 10. The number of hydrogen-bond donors (Lipinski definition) is 4. The Kier molecular flexibility index (Phi) is 19.7. The average molecular weight is 1310 g/mol. The predicted octanol–water partition coefficient (Wildman–Crippen LogP) is 10.8. The summed E-state index contributed by atoms with van der Waals surface area (Å²) in [4.78, 5) is 45.3. The number of esters is 1. The van der Waals surface area contributed by atoms with Crippen molar-refractivity contribution in [2.45, 2.75) is 75.7 Å². The lowest BCUT2D eigenvalue weighted by Crippen LogP contribution is -2.61. The number of carbonyl (C=O) groups excluding carboxylic acids is 1. The first kappa shape index (κ1) is 66.3. The maximum atomic E-state index is 16.0. The van der Waals surface area contributed by atoms with Gasteiger partial charge in [0.05, 0.1) is 105 Å². The molecule has 2 aliphatic rings. The summed E-state index contributed by atoms with van der Waals surface area (Å²) in [7, 11) is 1.25. The number of rotatable bonds is 28. The minimum atomic E-state index is -5.08. The number of methoxy groups -OCH3 is 1. The highest BCUT2D eigenvalue weighted by atomic mass is 19.4. The van der Waals surface area contributed by atoms with Crippen LogP contribution in [0.4, 0.5) is 43.9 Å². The van der Waals surface area contributed by atoms with Gasteiger partial charge in [-0.3, -0.25) is 10.0 Å². The number of carbonyl (C=O) groups is 2. The standard InChI is InChI=1S/C61H56F10N10O12/c1-4-18-88-33-12-14-35(39(24-33)60(66,67)68)43-26-49(92-78-43)58(16-20-87-21-17-82,80-30-47-45(28-72-80)74-54(76-47)37-8-6-10-41(62)52(37)64)57(85)91-32-51(90-23-22-86-3)59(56(83)84,81-31-48-46(29-73-81)75-55(77-48)38-9-7-11-42(63)53(38)65)50-27-44(79-93-50)36-15-13-34(89-19-5-2)25-40(36)61(69,70)71/h6-15,24-29,51,82H,4-5,16-23,30-32H2,1-3H3,(H,74,76)(H,75,77)(H,83,84). The highest BCUT2D eigenvalue weighted by molar-refractivity contribution is 5.87. The van der Waals surface area contributed by atoms with E-state index in [1.54, 1.807) is 13.8 Å². The van der Waals surface area contributed by atoms with E-state index in [9.17, 15) is 23.8 Å². The molecule has 0 fully saturated rings.